The molecule has 10 heteroatoms. The van der Waals surface area contributed by atoms with E-state index in [0.717, 1.165) is 30.5 Å². The van der Waals surface area contributed by atoms with Crippen molar-refractivity contribution in [2.75, 3.05) is 0 Å². The molecular formula is C26H21F4N5O. The lowest BCUT2D eigenvalue weighted by molar-refractivity contribution is -0.137. The number of piperidine rings is 1. The first-order chi connectivity index (χ1) is 17.2. The molecule has 2 aromatic carbocycles. The summed E-state index contributed by atoms with van der Waals surface area (Å²) in [5.74, 6) is -1.10. The predicted molar refractivity (Wildman–Crippen MR) is 123 cm³/mol. The predicted octanol–water partition coefficient (Wildman–Crippen LogP) is 5.48. The fraction of sp³-hybridized carbons (Fsp3) is 0.308. The highest BCUT2D eigenvalue weighted by Gasteiger charge is 2.44. The fourth-order valence-electron chi connectivity index (χ4n) is 5.65. The van der Waals surface area contributed by atoms with E-state index >= 15 is 0 Å². The van der Waals surface area contributed by atoms with Crippen LogP contribution < -0.4 is 0 Å². The Morgan fingerprint density at radius 2 is 1.81 bits per heavy atom. The number of fused-ring (bicyclic) bond motifs is 5. The molecular weight excluding hydrogens is 474 g/mol. The molecule has 0 unspecified atom stereocenters. The first-order valence-corrected chi connectivity index (χ1v) is 11.7. The minimum absolute atomic E-state index is 0.129. The van der Waals surface area contributed by atoms with Gasteiger partial charge in [0.15, 0.2) is 0 Å². The monoisotopic (exact) mass is 495 g/mol. The number of halogens is 4. The highest BCUT2D eigenvalue weighted by Crippen LogP contribution is 2.45. The van der Waals surface area contributed by atoms with Crippen LogP contribution in [-0.4, -0.2) is 36.6 Å². The quantitative estimate of drug-likeness (QED) is 0.346. The van der Waals surface area contributed by atoms with Gasteiger partial charge < -0.3 is 4.90 Å². The zero-order valence-corrected chi connectivity index (χ0v) is 19.3. The number of hydrogen-bond donors (Lipinski definition) is 0. The minimum atomic E-state index is -4.67. The van der Waals surface area contributed by atoms with Crippen molar-refractivity contribution in [3.8, 4) is 11.3 Å². The SMILES string of the molecule is Cn1nc2c(c1-c1cc(F)cc(C(F)(F)F)c1)C[C@H]1CCC[C@@H]2N1C(=O)c1ccc2nccnc2c1. The summed E-state index contributed by atoms with van der Waals surface area (Å²) in [6.45, 7) is 0. The van der Waals surface area contributed by atoms with Crippen LogP contribution in [0.5, 0.6) is 0 Å². The summed E-state index contributed by atoms with van der Waals surface area (Å²) >= 11 is 0. The Hall–Kier alpha value is -3.82. The van der Waals surface area contributed by atoms with Gasteiger partial charge in [0.1, 0.15) is 5.82 Å². The van der Waals surface area contributed by atoms with E-state index < -0.39 is 17.6 Å². The van der Waals surface area contributed by atoms with Gasteiger partial charge in [-0.2, -0.15) is 18.3 Å². The third-order valence-corrected chi connectivity index (χ3v) is 7.13. The number of alkyl halides is 3. The second kappa shape index (κ2) is 8.11. The van der Waals surface area contributed by atoms with E-state index in [2.05, 4.69) is 15.1 Å². The Labute approximate surface area is 203 Å². The number of hydrogen-bond acceptors (Lipinski definition) is 4. The number of aryl methyl sites for hydroxylation is 1. The molecule has 2 aromatic heterocycles. The van der Waals surface area contributed by atoms with Gasteiger partial charge in [-0.1, -0.05) is 0 Å². The second-order valence-corrected chi connectivity index (χ2v) is 9.34. The highest BCUT2D eigenvalue weighted by molar-refractivity contribution is 5.98. The van der Waals surface area contributed by atoms with E-state index in [1.54, 1.807) is 37.6 Å². The first kappa shape index (κ1) is 22.6. The van der Waals surface area contributed by atoms with Crippen molar-refractivity contribution in [1.82, 2.24) is 24.6 Å². The molecule has 2 aliphatic heterocycles. The van der Waals surface area contributed by atoms with Gasteiger partial charge in [-0.3, -0.25) is 19.4 Å². The zero-order chi connectivity index (χ0) is 25.2. The molecule has 0 radical (unpaired) electrons. The summed E-state index contributed by atoms with van der Waals surface area (Å²) in [7, 11) is 1.64. The van der Waals surface area contributed by atoms with Gasteiger partial charge in [0.2, 0.25) is 0 Å². The molecule has 0 N–H and O–H groups in total. The maximum atomic E-state index is 14.2. The van der Waals surface area contributed by atoms with Gasteiger partial charge >= 0.3 is 6.18 Å². The van der Waals surface area contributed by atoms with Crippen molar-refractivity contribution in [3.05, 3.63) is 77.0 Å². The third-order valence-electron chi connectivity index (χ3n) is 7.13. The number of nitrogens with zero attached hydrogens (tertiary/aromatic N) is 5. The zero-order valence-electron chi connectivity index (χ0n) is 19.3. The largest absolute Gasteiger partial charge is 0.416 e. The summed E-state index contributed by atoms with van der Waals surface area (Å²) in [5, 5.41) is 4.64. The Morgan fingerprint density at radius 3 is 2.58 bits per heavy atom. The number of amides is 1. The molecule has 0 aliphatic carbocycles. The third kappa shape index (κ3) is 3.63. The lowest BCUT2D eigenvalue weighted by Crippen LogP contribution is -2.49. The van der Waals surface area contributed by atoms with Crippen molar-refractivity contribution < 1.29 is 22.4 Å². The number of carbonyl (C=O) groups excluding carboxylic acids is 1. The Kier molecular flexibility index (Phi) is 5.10. The van der Waals surface area contributed by atoms with Crippen LogP contribution >= 0.6 is 0 Å². The summed E-state index contributed by atoms with van der Waals surface area (Å²) in [6, 6.07) is 7.34. The number of aromatic nitrogens is 4. The summed E-state index contributed by atoms with van der Waals surface area (Å²) < 4.78 is 55.9. The number of rotatable bonds is 2. The molecule has 36 heavy (non-hydrogen) atoms. The van der Waals surface area contributed by atoms with Gasteiger partial charge in [-0.05, 0) is 62.1 Å². The van der Waals surface area contributed by atoms with Crippen LogP contribution in [0.3, 0.4) is 0 Å². The Balaban J connectivity index is 1.42. The van der Waals surface area contributed by atoms with E-state index in [0.29, 0.717) is 46.9 Å². The molecule has 1 amide bonds. The summed E-state index contributed by atoms with van der Waals surface area (Å²) in [4.78, 5) is 24.1. The van der Waals surface area contributed by atoms with Crippen LogP contribution in [0.15, 0.2) is 48.8 Å². The van der Waals surface area contributed by atoms with Crippen molar-refractivity contribution in [2.24, 2.45) is 7.05 Å². The molecule has 4 aromatic rings. The molecule has 2 bridgehead atoms. The van der Waals surface area contributed by atoms with Crippen molar-refractivity contribution in [2.45, 2.75) is 43.9 Å². The van der Waals surface area contributed by atoms with Crippen LogP contribution in [0.4, 0.5) is 17.6 Å². The van der Waals surface area contributed by atoms with Gasteiger partial charge in [0.25, 0.3) is 5.91 Å². The number of carbonyl (C=O) groups is 1. The van der Waals surface area contributed by atoms with Crippen LogP contribution in [0, 0.1) is 5.82 Å². The van der Waals surface area contributed by atoms with Gasteiger partial charge in [-0.15, -0.1) is 0 Å². The molecule has 4 heterocycles. The van der Waals surface area contributed by atoms with E-state index in [1.165, 1.54) is 4.68 Å². The van der Waals surface area contributed by atoms with Crippen molar-refractivity contribution in [1.29, 1.82) is 0 Å². The minimum Gasteiger partial charge on any atom is -0.327 e. The average molecular weight is 495 g/mol. The van der Waals surface area contributed by atoms with E-state index in [1.807, 2.05) is 4.90 Å². The molecule has 6 rings (SSSR count). The number of benzene rings is 2. The molecule has 2 atom stereocenters. The molecule has 184 valence electrons. The van der Waals surface area contributed by atoms with Crippen LogP contribution in [0.25, 0.3) is 22.3 Å². The van der Waals surface area contributed by atoms with Crippen molar-refractivity contribution in [3.63, 3.8) is 0 Å². The molecule has 1 saturated heterocycles. The molecule has 6 nitrogen and oxygen atoms in total. The smallest absolute Gasteiger partial charge is 0.327 e. The summed E-state index contributed by atoms with van der Waals surface area (Å²) in [6.07, 6.45) is 1.30. The van der Waals surface area contributed by atoms with E-state index in [9.17, 15) is 22.4 Å². The fourth-order valence-corrected chi connectivity index (χ4v) is 5.65. The van der Waals surface area contributed by atoms with E-state index in [-0.39, 0.29) is 23.6 Å². The standard InChI is InChI=1S/C26H21F4N5O/c1-34-24(15-9-16(26(28,29)30)12-17(27)10-15)19-13-18-3-2-4-22(23(19)33-34)35(18)25(36)14-5-6-20-21(11-14)32-8-7-31-20/h5-12,18,22H,2-4,13H2,1H3/t18-,22+/m1/s1. The lowest BCUT2D eigenvalue weighted by atomic mass is 9.81. The van der Waals surface area contributed by atoms with Crippen LogP contribution in [0.2, 0.25) is 0 Å². The van der Waals surface area contributed by atoms with Crippen LogP contribution in [0.1, 0.15) is 52.5 Å². The maximum Gasteiger partial charge on any atom is 0.416 e. The van der Waals surface area contributed by atoms with Gasteiger partial charge in [0, 0.05) is 42.2 Å². The Bertz CT molecular complexity index is 1510. The van der Waals surface area contributed by atoms with E-state index in [4.69, 9.17) is 0 Å². The lowest BCUT2D eigenvalue weighted by Gasteiger charge is -2.45. The molecule has 2 aliphatic rings. The van der Waals surface area contributed by atoms with Gasteiger partial charge in [-0.25, -0.2) is 4.39 Å². The molecule has 1 fully saturated rings. The first-order valence-electron chi connectivity index (χ1n) is 11.7. The summed E-state index contributed by atoms with van der Waals surface area (Å²) in [5.41, 5.74) is 2.80. The normalized spacial score (nSPS) is 19.4. The van der Waals surface area contributed by atoms with Gasteiger partial charge in [0.05, 0.1) is 34.0 Å². The molecule has 0 spiro atoms. The highest BCUT2D eigenvalue weighted by atomic mass is 19.4. The van der Waals surface area contributed by atoms with Crippen LogP contribution in [-0.2, 0) is 19.6 Å². The second-order valence-electron chi connectivity index (χ2n) is 9.34. The maximum absolute atomic E-state index is 14.2. The topological polar surface area (TPSA) is 63.9 Å². The molecule has 0 saturated carbocycles. The average Bonchev–Trinajstić information content (AvgIpc) is 3.17. The van der Waals surface area contributed by atoms with Crippen molar-refractivity contribution >= 4 is 16.9 Å². The Morgan fingerprint density at radius 1 is 1.03 bits per heavy atom.